The second-order valence-electron chi connectivity index (χ2n) is 4.75. The molecular weight excluding hydrogens is 220 g/mol. The van der Waals surface area contributed by atoms with Gasteiger partial charge < -0.3 is 15.4 Å². The first-order chi connectivity index (χ1) is 7.95. The second-order valence-corrected chi connectivity index (χ2v) is 6.16. The van der Waals surface area contributed by atoms with Gasteiger partial charge in [0, 0.05) is 30.7 Å². The summed E-state index contributed by atoms with van der Waals surface area (Å²) in [6.07, 6.45) is 3.94. The minimum absolute atomic E-state index is 0.767. The van der Waals surface area contributed by atoms with Crippen molar-refractivity contribution in [2.24, 2.45) is 5.92 Å². The molecule has 2 N–H and O–H groups in total. The van der Waals surface area contributed by atoms with Crippen molar-refractivity contribution in [1.29, 1.82) is 0 Å². The van der Waals surface area contributed by atoms with Crippen LogP contribution in [-0.2, 0) is 4.74 Å². The Bertz CT molecular complexity index is 180. The van der Waals surface area contributed by atoms with Gasteiger partial charge in [-0.25, -0.2) is 0 Å². The zero-order valence-electron chi connectivity index (χ0n) is 10.0. The fourth-order valence-electron chi connectivity index (χ4n) is 2.31. The van der Waals surface area contributed by atoms with E-state index in [0.717, 1.165) is 37.5 Å². The molecule has 0 amide bonds. The molecule has 2 heterocycles. The van der Waals surface area contributed by atoms with Gasteiger partial charge in [0.1, 0.15) is 0 Å². The fraction of sp³-hybridized carbons (Fsp3) is 1.00. The molecule has 94 valence electrons. The maximum absolute atomic E-state index is 5.36. The van der Waals surface area contributed by atoms with Gasteiger partial charge in [-0.1, -0.05) is 0 Å². The topological polar surface area (TPSA) is 33.3 Å². The van der Waals surface area contributed by atoms with Crippen LogP contribution in [0.25, 0.3) is 0 Å². The largest absolute Gasteiger partial charge is 0.381 e. The van der Waals surface area contributed by atoms with E-state index < -0.39 is 0 Å². The lowest BCUT2D eigenvalue weighted by Gasteiger charge is -2.22. The van der Waals surface area contributed by atoms with E-state index in [9.17, 15) is 0 Å². The lowest BCUT2D eigenvalue weighted by molar-refractivity contribution is 0.185. The molecule has 2 rings (SSSR count). The van der Waals surface area contributed by atoms with Crippen LogP contribution in [0.2, 0.25) is 0 Å². The molecule has 16 heavy (non-hydrogen) atoms. The standard InChI is InChI=1S/C12H24N2OS/c1-4-13-5-2-12(1)16-8-6-14-9-11-3-7-15-10-11/h11-14H,1-10H2. The minimum atomic E-state index is 0.767. The summed E-state index contributed by atoms with van der Waals surface area (Å²) in [4.78, 5) is 0. The molecule has 1 unspecified atom stereocenters. The average molecular weight is 244 g/mol. The maximum atomic E-state index is 5.36. The zero-order valence-corrected chi connectivity index (χ0v) is 10.9. The molecule has 1 atom stereocenters. The first kappa shape index (κ1) is 12.7. The van der Waals surface area contributed by atoms with Crippen LogP contribution in [0.5, 0.6) is 0 Å². The minimum Gasteiger partial charge on any atom is -0.381 e. The Balaban J connectivity index is 1.42. The lowest BCUT2D eigenvalue weighted by Crippen LogP contribution is -2.30. The third-order valence-electron chi connectivity index (χ3n) is 3.38. The highest BCUT2D eigenvalue weighted by Gasteiger charge is 2.15. The van der Waals surface area contributed by atoms with Crippen LogP contribution in [0.1, 0.15) is 19.3 Å². The fourth-order valence-corrected chi connectivity index (χ4v) is 3.47. The van der Waals surface area contributed by atoms with Crippen molar-refractivity contribution in [3.63, 3.8) is 0 Å². The Hall–Kier alpha value is 0.230. The smallest absolute Gasteiger partial charge is 0.0507 e. The van der Waals surface area contributed by atoms with Crippen molar-refractivity contribution >= 4 is 11.8 Å². The van der Waals surface area contributed by atoms with E-state index in [1.54, 1.807) is 0 Å². The summed E-state index contributed by atoms with van der Waals surface area (Å²) < 4.78 is 5.36. The lowest BCUT2D eigenvalue weighted by atomic mass is 10.1. The molecule has 0 aromatic carbocycles. The molecule has 2 fully saturated rings. The summed E-state index contributed by atoms with van der Waals surface area (Å²) in [5, 5.41) is 7.86. The summed E-state index contributed by atoms with van der Waals surface area (Å²) >= 11 is 2.15. The van der Waals surface area contributed by atoms with Gasteiger partial charge in [-0.3, -0.25) is 0 Å². The quantitative estimate of drug-likeness (QED) is 0.686. The number of ether oxygens (including phenoxy) is 1. The van der Waals surface area contributed by atoms with Crippen LogP contribution in [0, 0.1) is 5.92 Å². The van der Waals surface area contributed by atoms with Crippen LogP contribution in [0.4, 0.5) is 0 Å². The third kappa shape index (κ3) is 4.62. The van der Waals surface area contributed by atoms with Crippen molar-refractivity contribution in [1.82, 2.24) is 10.6 Å². The monoisotopic (exact) mass is 244 g/mol. The molecule has 2 aliphatic rings. The highest BCUT2D eigenvalue weighted by Crippen LogP contribution is 2.19. The van der Waals surface area contributed by atoms with Gasteiger partial charge in [-0.2, -0.15) is 11.8 Å². The average Bonchev–Trinajstić information content (AvgIpc) is 2.83. The Morgan fingerprint density at radius 3 is 2.88 bits per heavy atom. The van der Waals surface area contributed by atoms with E-state index >= 15 is 0 Å². The van der Waals surface area contributed by atoms with Gasteiger partial charge in [0.25, 0.3) is 0 Å². The van der Waals surface area contributed by atoms with Crippen LogP contribution < -0.4 is 10.6 Å². The maximum Gasteiger partial charge on any atom is 0.0507 e. The van der Waals surface area contributed by atoms with Gasteiger partial charge in [0.05, 0.1) is 6.61 Å². The molecule has 0 bridgehead atoms. The van der Waals surface area contributed by atoms with Gasteiger partial charge in [0.15, 0.2) is 0 Å². The van der Waals surface area contributed by atoms with Gasteiger partial charge in [-0.05, 0) is 38.3 Å². The van der Waals surface area contributed by atoms with Gasteiger partial charge in [0.2, 0.25) is 0 Å². The summed E-state index contributed by atoms with van der Waals surface area (Å²) in [5.41, 5.74) is 0. The number of hydrogen-bond donors (Lipinski definition) is 2. The van der Waals surface area contributed by atoms with Crippen molar-refractivity contribution < 1.29 is 4.74 Å². The Labute approximate surface area is 103 Å². The number of rotatable bonds is 6. The van der Waals surface area contributed by atoms with Crippen molar-refractivity contribution in [2.45, 2.75) is 24.5 Å². The molecule has 0 aliphatic carbocycles. The predicted octanol–water partition coefficient (Wildman–Crippen LogP) is 1.10. The molecule has 0 aromatic heterocycles. The number of hydrogen-bond acceptors (Lipinski definition) is 4. The SMILES string of the molecule is C1CC(SCCNCC2CCOC2)CCN1. The van der Waals surface area contributed by atoms with E-state index in [1.807, 2.05) is 0 Å². The third-order valence-corrected chi connectivity index (χ3v) is 4.76. The summed E-state index contributed by atoms with van der Waals surface area (Å²) in [6, 6.07) is 0. The normalized spacial score (nSPS) is 27.4. The Kier molecular flexibility index (Phi) is 5.97. The molecular formula is C12H24N2OS. The molecule has 0 radical (unpaired) electrons. The van der Waals surface area contributed by atoms with Crippen LogP contribution in [0.3, 0.4) is 0 Å². The van der Waals surface area contributed by atoms with E-state index in [-0.39, 0.29) is 0 Å². The predicted molar refractivity (Wildman–Crippen MR) is 70.1 cm³/mol. The van der Waals surface area contributed by atoms with E-state index in [0.29, 0.717) is 0 Å². The Morgan fingerprint density at radius 2 is 2.12 bits per heavy atom. The van der Waals surface area contributed by atoms with Gasteiger partial charge in [-0.15, -0.1) is 0 Å². The summed E-state index contributed by atoms with van der Waals surface area (Å²) in [5.74, 6) is 2.03. The first-order valence-corrected chi connectivity index (χ1v) is 7.61. The van der Waals surface area contributed by atoms with Crippen molar-refractivity contribution in [3.8, 4) is 0 Å². The van der Waals surface area contributed by atoms with E-state index in [1.165, 1.54) is 38.1 Å². The Morgan fingerprint density at radius 1 is 1.25 bits per heavy atom. The van der Waals surface area contributed by atoms with Crippen LogP contribution in [-0.4, -0.2) is 50.4 Å². The number of nitrogens with one attached hydrogen (secondary N) is 2. The van der Waals surface area contributed by atoms with Crippen LogP contribution >= 0.6 is 11.8 Å². The number of thioether (sulfide) groups is 1. The first-order valence-electron chi connectivity index (χ1n) is 6.56. The van der Waals surface area contributed by atoms with Crippen molar-refractivity contribution in [2.75, 3.05) is 45.1 Å². The molecule has 0 spiro atoms. The van der Waals surface area contributed by atoms with Crippen LogP contribution in [0.15, 0.2) is 0 Å². The highest BCUT2D eigenvalue weighted by molar-refractivity contribution is 7.99. The molecule has 4 heteroatoms. The van der Waals surface area contributed by atoms with Gasteiger partial charge >= 0.3 is 0 Å². The van der Waals surface area contributed by atoms with E-state index in [2.05, 4.69) is 22.4 Å². The second kappa shape index (κ2) is 7.54. The zero-order chi connectivity index (χ0) is 11.1. The molecule has 2 saturated heterocycles. The van der Waals surface area contributed by atoms with E-state index in [4.69, 9.17) is 4.74 Å². The van der Waals surface area contributed by atoms with Crippen molar-refractivity contribution in [3.05, 3.63) is 0 Å². The highest BCUT2D eigenvalue weighted by atomic mass is 32.2. The summed E-state index contributed by atoms with van der Waals surface area (Å²) in [6.45, 7) is 6.66. The molecule has 3 nitrogen and oxygen atoms in total. The number of piperidine rings is 1. The molecule has 0 aromatic rings. The molecule has 0 saturated carbocycles. The molecule has 2 aliphatic heterocycles. The summed E-state index contributed by atoms with van der Waals surface area (Å²) in [7, 11) is 0.